The Balaban J connectivity index is 1.68. The van der Waals surface area contributed by atoms with Crippen molar-refractivity contribution in [2.45, 2.75) is 32.1 Å². The number of rotatable bonds is 2. The minimum absolute atomic E-state index is 0.130. The van der Waals surface area contributed by atoms with Crippen LogP contribution < -0.4 is 10.6 Å². The predicted octanol–water partition coefficient (Wildman–Crippen LogP) is 3.02. The van der Waals surface area contributed by atoms with E-state index in [0.29, 0.717) is 5.92 Å². The average Bonchev–Trinajstić information content (AvgIpc) is 3.32. The van der Waals surface area contributed by atoms with Crippen molar-refractivity contribution in [2.24, 2.45) is 16.6 Å². The van der Waals surface area contributed by atoms with Crippen molar-refractivity contribution in [3.05, 3.63) is 53.2 Å². The van der Waals surface area contributed by atoms with Crippen molar-refractivity contribution in [1.29, 1.82) is 0 Å². The van der Waals surface area contributed by atoms with E-state index < -0.39 is 0 Å². The molecule has 2 aromatic rings. The summed E-state index contributed by atoms with van der Waals surface area (Å²) in [5.41, 5.74) is 9.45. The molecule has 1 aliphatic carbocycles. The predicted molar refractivity (Wildman–Crippen MR) is 93.3 cm³/mol. The molecule has 1 aromatic carbocycles. The van der Waals surface area contributed by atoms with Crippen molar-refractivity contribution in [2.75, 3.05) is 4.90 Å². The third-order valence-electron chi connectivity index (χ3n) is 4.42. The van der Waals surface area contributed by atoms with Crippen LogP contribution in [-0.2, 0) is 0 Å². The first-order chi connectivity index (χ1) is 11.2. The topological polar surface area (TPSA) is 57.4 Å². The lowest BCUT2D eigenvalue weighted by Crippen LogP contribution is -2.44. The first kappa shape index (κ1) is 14.1. The highest BCUT2D eigenvalue weighted by atomic mass is 15.4. The summed E-state index contributed by atoms with van der Waals surface area (Å²) in [6, 6.07) is 12.5. The molecular formula is C19H20N4. The Hall–Kier alpha value is -2.51. The van der Waals surface area contributed by atoms with E-state index in [4.69, 9.17) is 5.73 Å². The van der Waals surface area contributed by atoms with E-state index in [1.165, 1.54) is 18.4 Å². The number of hydrogen-bond donors (Lipinski definition) is 2. The van der Waals surface area contributed by atoms with Crippen LogP contribution in [0.1, 0.15) is 42.6 Å². The van der Waals surface area contributed by atoms with E-state index in [-0.39, 0.29) is 12.3 Å². The van der Waals surface area contributed by atoms with Crippen LogP contribution in [0.5, 0.6) is 0 Å². The lowest BCUT2D eigenvalue weighted by atomic mass is 10.1. The van der Waals surface area contributed by atoms with Crippen LogP contribution >= 0.6 is 0 Å². The summed E-state index contributed by atoms with van der Waals surface area (Å²) in [7, 11) is 0. The van der Waals surface area contributed by atoms with Crippen LogP contribution in [0, 0.1) is 17.8 Å². The van der Waals surface area contributed by atoms with E-state index in [1.54, 1.807) is 0 Å². The van der Waals surface area contributed by atoms with Gasteiger partial charge in [0, 0.05) is 17.7 Å². The number of fused-ring (bicyclic) bond motifs is 1. The highest BCUT2D eigenvalue weighted by Gasteiger charge is 2.28. The Kier molecular flexibility index (Phi) is 3.44. The number of aromatic nitrogens is 1. The molecule has 1 aromatic heterocycles. The highest BCUT2D eigenvalue weighted by Crippen LogP contribution is 2.33. The summed E-state index contributed by atoms with van der Waals surface area (Å²) in [4.78, 5) is 9.98. The molecule has 1 unspecified atom stereocenters. The number of nitrogens with zero attached hydrogens (tertiary/aromatic N) is 2. The number of aliphatic imine (C=N–C) groups is 1. The SMILES string of the molecule is C[C@H](c1ccccc1)N1c2[nH]c(C#CC3CC3)cc2C=NC1N. The van der Waals surface area contributed by atoms with Crippen LogP contribution in [0.4, 0.5) is 5.82 Å². The number of nitrogens with one attached hydrogen (secondary N) is 1. The summed E-state index contributed by atoms with van der Waals surface area (Å²) < 4.78 is 0. The fourth-order valence-electron chi connectivity index (χ4n) is 2.92. The summed E-state index contributed by atoms with van der Waals surface area (Å²) in [5.74, 6) is 8.13. The Morgan fingerprint density at radius 1 is 1.30 bits per heavy atom. The Morgan fingerprint density at radius 3 is 2.83 bits per heavy atom. The molecule has 23 heavy (non-hydrogen) atoms. The molecule has 0 amide bonds. The second kappa shape index (κ2) is 5.60. The number of nitrogens with two attached hydrogens (primary N) is 1. The number of H-pyrrole nitrogens is 1. The van der Waals surface area contributed by atoms with E-state index >= 15 is 0 Å². The number of benzene rings is 1. The van der Waals surface area contributed by atoms with Gasteiger partial charge in [0.15, 0.2) is 6.29 Å². The Labute approximate surface area is 136 Å². The normalized spacial score (nSPS) is 20.6. The Bertz CT molecular complexity index is 790. The largest absolute Gasteiger partial charge is 0.334 e. The first-order valence-electron chi connectivity index (χ1n) is 8.09. The Morgan fingerprint density at radius 2 is 2.09 bits per heavy atom. The first-order valence-corrected chi connectivity index (χ1v) is 8.09. The molecule has 0 saturated heterocycles. The van der Waals surface area contributed by atoms with Crippen molar-refractivity contribution in [1.82, 2.24) is 4.98 Å². The summed E-state index contributed by atoms with van der Waals surface area (Å²) in [6.45, 7) is 2.15. The van der Waals surface area contributed by atoms with E-state index in [0.717, 1.165) is 17.1 Å². The van der Waals surface area contributed by atoms with Crippen molar-refractivity contribution < 1.29 is 0 Å². The van der Waals surface area contributed by atoms with Crippen LogP contribution in [0.25, 0.3) is 0 Å². The minimum atomic E-state index is -0.388. The summed E-state index contributed by atoms with van der Waals surface area (Å²) >= 11 is 0. The van der Waals surface area contributed by atoms with Gasteiger partial charge in [-0.25, -0.2) is 0 Å². The molecule has 2 heterocycles. The zero-order valence-electron chi connectivity index (χ0n) is 13.2. The summed E-state index contributed by atoms with van der Waals surface area (Å²) in [5, 5.41) is 0. The summed E-state index contributed by atoms with van der Waals surface area (Å²) in [6.07, 6.45) is 3.92. The maximum absolute atomic E-state index is 6.25. The molecule has 116 valence electrons. The van der Waals surface area contributed by atoms with Crippen LogP contribution in [0.2, 0.25) is 0 Å². The molecule has 1 aliphatic heterocycles. The smallest absolute Gasteiger partial charge is 0.175 e. The molecule has 0 bridgehead atoms. The van der Waals surface area contributed by atoms with Crippen LogP contribution in [0.15, 0.2) is 41.4 Å². The fourth-order valence-corrected chi connectivity index (χ4v) is 2.92. The quantitative estimate of drug-likeness (QED) is 0.838. The standard InChI is InChI=1S/C19H20N4/c1-13(15-5-3-2-4-6-15)23-18-16(12-21-19(23)20)11-17(22-18)10-9-14-7-8-14/h2-6,11-14,19,22H,7-8,20H2,1H3/t13-,19?/m1/s1. The van der Waals surface area contributed by atoms with Gasteiger partial charge in [0.2, 0.25) is 0 Å². The maximum Gasteiger partial charge on any atom is 0.175 e. The van der Waals surface area contributed by atoms with Gasteiger partial charge in [-0.15, -0.1) is 0 Å². The second-order valence-electron chi connectivity index (χ2n) is 6.22. The zero-order chi connectivity index (χ0) is 15.8. The molecule has 0 radical (unpaired) electrons. The highest BCUT2D eigenvalue weighted by molar-refractivity contribution is 5.90. The molecule has 2 aliphatic rings. The van der Waals surface area contributed by atoms with E-state index in [9.17, 15) is 0 Å². The number of aromatic amines is 1. The lowest BCUT2D eigenvalue weighted by molar-refractivity contribution is 0.555. The molecule has 1 saturated carbocycles. The molecule has 3 N–H and O–H groups in total. The van der Waals surface area contributed by atoms with Crippen molar-refractivity contribution in [3.63, 3.8) is 0 Å². The van der Waals surface area contributed by atoms with Crippen LogP contribution in [0.3, 0.4) is 0 Å². The number of anilines is 1. The van der Waals surface area contributed by atoms with Crippen molar-refractivity contribution >= 4 is 12.0 Å². The number of hydrogen-bond acceptors (Lipinski definition) is 3. The van der Waals surface area contributed by atoms with Gasteiger partial charge < -0.3 is 9.88 Å². The average molecular weight is 304 g/mol. The van der Waals surface area contributed by atoms with Gasteiger partial charge in [-0.2, -0.15) is 0 Å². The van der Waals surface area contributed by atoms with Gasteiger partial charge in [0.1, 0.15) is 5.82 Å². The molecule has 4 rings (SSSR count). The minimum Gasteiger partial charge on any atom is -0.334 e. The maximum atomic E-state index is 6.25. The van der Waals surface area contributed by atoms with Gasteiger partial charge in [0.25, 0.3) is 0 Å². The van der Waals surface area contributed by atoms with Gasteiger partial charge in [-0.05, 0) is 37.3 Å². The van der Waals surface area contributed by atoms with Gasteiger partial charge >= 0.3 is 0 Å². The van der Waals surface area contributed by atoms with Crippen molar-refractivity contribution in [3.8, 4) is 11.8 Å². The molecule has 2 atom stereocenters. The molecule has 0 spiro atoms. The van der Waals surface area contributed by atoms with Gasteiger partial charge in [0.05, 0.1) is 11.7 Å². The molecule has 1 fully saturated rings. The molecule has 4 heteroatoms. The third-order valence-corrected chi connectivity index (χ3v) is 4.42. The third kappa shape index (κ3) is 2.76. The second-order valence-corrected chi connectivity index (χ2v) is 6.22. The van der Waals surface area contributed by atoms with E-state index in [1.807, 2.05) is 24.4 Å². The molecular weight excluding hydrogens is 284 g/mol. The lowest BCUT2D eigenvalue weighted by Gasteiger charge is -2.35. The molecule has 4 nitrogen and oxygen atoms in total. The monoisotopic (exact) mass is 304 g/mol. The van der Waals surface area contributed by atoms with Gasteiger partial charge in [-0.3, -0.25) is 10.7 Å². The van der Waals surface area contributed by atoms with E-state index in [2.05, 4.69) is 51.8 Å². The zero-order valence-corrected chi connectivity index (χ0v) is 13.2. The van der Waals surface area contributed by atoms with Crippen LogP contribution in [-0.4, -0.2) is 17.5 Å². The fraction of sp³-hybridized carbons (Fsp3) is 0.316. The van der Waals surface area contributed by atoms with Gasteiger partial charge in [-0.1, -0.05) is 36.3 Å².